The molecule has 134 valence electrons. The Labute approximate surface area is 156 Å². The van der Waals surface area contributed by atoms with Crippen molar-refractivity contribution in [3.8, 4) is 0 Å². The molecular formula is C20H18ClNO4. The van der Waals surface area contributed by atoms with Gasteiger partial charge in [0.1, 0.15) is 12.9 Å². The SMILES string of the molecule is O=CC[C@@H](C(=O)N1C(=O)OC[C@H]1Cc1ccccc1)c1ccc(Cl)cc1. The fourth-order valence-electron chi connectivity index (χ4n) is 3.11. The summed E-state index contributed by atoms with van der Waals surface area (Å²) in [5, 5.41) is 0.536. The van der Waals surface area contributed by atoms with Crippen molar-refractivity contribution >= 4 is 29.9 Å². The number of halogens is 1. The third kappa shape index (κ3) is 3.94. The van der Waals surface area contributed by atoms with Crippen LogP contribution in [-0.4, -0.2) is 35.8 Å². The minimum absolute atomic E-state index is 0.0116. The van der Waals surface area contributed by atoms with Gasteiger partial charge in [-0.15, -0.1) is 0 Å². The van der Waals surface area contributed by atoms with Gasteiger partial charge in [0.2, 0.25) is 5.91 Å². The number of hydrogen-bond acceptors (Lipinski definition) is 4. The Morgan fingerprint density at radius 3 is 2.54 bits per heavy atom. The van der Waals surface area contributed by atoms with E-state index in [0.717, 1.165) is 10.5 Å². The van der Waals surface area contributed by atoms with E-state index in [1.165, 1.54) is 0 Å². The molecule has 1 aliphatic heterocycles. The lowest BCUT2D eigenvalue weighted by molar-refractivity contribution is -0.132. The topological polar surface area (TPSA) is 63.7 Å². The van der Waals surface area contributed by atoms with Gasteiger partial charge in [0.05, 0.1) is 12.0 Å². The molecule has 1 saturated heterocycles. The monoisotopic (exact) mass is 371 g/mol. The molecule has 2 atom stereocenters. The van der Waals surface area contributed by atoms with Gasteiger partial charge >= 0.3 is 6.09 Å². The molecule has 1 fully saturated rings. The average molecular weight is 372 g/mol. The van der Waals surface area contributed by atoms with Crippen LogP contribution < -0.4 is 0 Å². The number of rotatable bonds is 6. The number of carbonyl (C=O) groups excluding carboxylic acids is 3. The molecule has 1 heterocycles. The van der Waals surface area contributed by atoms with Crippen LogP contribution in [0.4, 0.5) is 4.79 Å². The smallest absolute Gasteiger partial charge is 0.417 e. The number of cyclic esters (lactones) is 1. The van der Waals surface area contributed by atoms with Crippen molar-refractivity contribution in [2.24, 2.45) is 0 Å². The Kier molecular flexibility index (Phi) is 5.68. The molecule has 26 heavy (non-hydrogen) atoms. The van der Waals surface area contributed by atoms with Crippen LogP contribution in [0, 0.1) is 0 Å². The number of carbonyl (C=O) groups is 3. The maximum absolute atomic E-state index is 13.1. The third-order valence-electron chi connectivity index (χ3n) is 4.42. The lowest BCUT2D eigenvalue weighted by Crippen LogP contribution is -2.43. The van der Waals surface area contributed by atoms with E-state index >= 15 is 0 Å². The first-order valence-electron chi connectivity index (χ1n) is 8.33. The molecule has 6 heteroatoms. The largest absolute Gasteiger partial charge is 0.447 e. The van der Waals surface area contributed by atoms with Gasteiger partial charge in [0, 0.05) is 11.4 Å². The lowest BCUT2D eigenvalue weighted by Gasteiger charge is -2.24. The summed E-state index contributed by atoms with van der Waals surface area (Å²) >= 11 is 5.90. The first kappa shape index (κ1) is 18.1. The third-order valence-corrected chi connectivity index (χ3v) is 4.67. The maximum atomic E-state index is 13.1. The van der Waals surface area contributed by atoms with E-state index in [1.807, 2.05) is 30.3 Å². The van der Waals surface area contributed by atoms with Crippen molar-refractivity contribution in [3.63, 3.8) is 0 Å². The maximum Gasteiger partial charge on any atom is 0.417 e. The van der Waals surface area contributed by atoms with Gasteiger partial charge in [-0.25, -0.2) is 9.69 Å². The van der Waals surface area contributed by atoms with Crippen LogP contribution in [0.3, 0.4) is 0 Å². The molecule has 0 radical (unpaired) electrons. The Balaban J connectivity index is 1.84. The van der Waals surface area contributed by atoms with Crippen LogP contribution >= 0.6 is 11.6 Å². The number of amides is 2. The molecule has 0 aliphatic carbocycles. The summed E-state index contributed by atoms with van der Waals surface area (Å²) in [6.07, 6.45) is 0.514. The molecule has 5 nitrogen and oxygen atoms in total. The van der Waals surface area contributed by atoms with Crippen LogP contribution in [0.2, 0.25) is 5.02 Å². The van der Waals surface area contributed by atoms with Crippen LogP contribution in [0.15, 0.2) is 54.6 Å². The van der Waals surface area contributed by atoms with Crippen LogP contribution in [0.5, 0.6) is 0 Å². The van der Waals surface area contributed by atoms with E-state index in [1.54, 1.807) is 24.3 Å². The average Bonchev–Trinajstić information content (AvgIpc) is 3.01. The standard InChI is InChI=1S/C20H18ClNO4/c21-16-8-6-15(7-9-16)18(10-11-23)19(24)22-17(13-26-20(22)25)12-14-4-2-1-3-5-14/h1-9,11,17-18H,10,12-13H2/t17-,18-/m1/s1. The molecule has 3 rings (SSSR count). The van der Waals surface area contributed by atoms with E-state index < -0.39 is 17.9 Å². The summed E-state index contributed by atoms with van der Waals surface area (Å²) in [6, 6.07) is 15.9. The second-order valence-corrected chi connectivity index (χ2v) is 6.57. The molecule has 2 aromatic carbocycles. The fraction of sp³-hybridized carbons (Fsp3) is 0.250. The number of aldehydes is 1. The van der Waals surface area contributed by atoms with Crippen molar-refractivity contribution in [2.45, 2.75) is 24.8 Å². The van der Waals surface area contributed by atoms with Crippen LogP contribution in [0.1, 0.15) is 23.5 Å². The highest BCUT2D eigenvalue weighted by atomic mass is 35.5. The second-order valence-electron chi connectivity index (χ2n) is 6.14. The summed E-state index contributed by atoms with van der Waals surface area (Å²) in [4.78, 5) is 37.5. The summed E-state index contributed by atoms with van der Waals surface area (Å²) < 4.78 is 5.11. The number of imide groups is 1. The Hall–Kier alpha value is -2.66. The highest BCUT2D eigenvalue weighted by Crippen LogP contribution is 2.27. The number of nitrogens with zero attached hydrogens (tertiary/aromatic N) is 1. The Morgan fingerprint density at radius 2 is 1.88 bits per heavy atom. The minimum atomic E-state index is -0.742. The predicted octanol–water partition coefficient (Wildman–Crippen LogP) is 3.60. The van der Waals surface area contributed by atoms with Crippen molar-refractivity contribution in [1.29, 1.82) is 0 Å². The van der Waals surface area contributed by atoms with Crippen LogP contribution in [-0.2, 0) is 20.7 Å². The van der Waals surface area contributed by atoms with E-state index in [9.17, 15) is 14.4 Å². The first-order valence-corrected chi connectivity index (χ1v) is 8.71. The van der Waals surface area contributed by atoms with Crippen molar-refractivity contribution in [2.75, 3.05) is 6.61 Å². The Morgan fingerprint density at radius 1 is 1.19 bits per heavy atom. The number of hydrogen-bond donors (Lipinski definition) is 0. The highest BCUT2D eigenvalue weighted by Gasteiger charge is 2.41. The second kappa shape index (κ2) is 8.15. The van der Waals surface area contributed by atoms with Gasteiger partial charge in [0.25, 0.3) is 0 Å². The fourth-order valence-corrected chi connectivity index (χ4v) is 3.23. The van der Waals surface area contributed by atoms with E-state index in [0.29, 0.717) is 23.3 Å². The minimum Gasteiger partial charge on any atom is -0.447 e. The van der Waals surface area contributed by atoms with E-state index in [2.05, 4.69) is 0 Å². The van der Waals surface area contributed by atoms with Gasteiger partial charge in [-0.3, -0.25) is 4.79 Å². The van der Waals surface area contributed by atoms with E-state index in [-0.39, 0.29) is 19.1 Å². The zero-order valence-electron chi connectivity index (χ0n) is 14.0. The Bertz CT molecular complexity index is 791. The van der Waals surface area contributed by atoms with Crippen molar-refractivity contribution < 1.29 is 19.1 Å². The van der Waals surface area contributed by atoms with Crippen molar-refractivity contribution in [3.05, 3.63) is 70.7 Å². The molecule has 2 amide bonds. The number of benzene rings is 2. The summed E-state index contributed by atoms with van der Waals surface area (Å²) in [7, 11) is 0. The summed E-state index contributed by atoms with van der Waals surface area (Å²) in [5.41, 5.74) is 1.65. The molecule has 2 aromatic rings. The van der Waals surface area contributed by atoms with Gasteiger partial charge in [-0.05, 0) is 29.7 Å². The summed E-state index contributed by atoms with van der Waals surface area (Å²) in [5.74, 6) is -1.17. The van der Waals surface area contributed by atoms with Gasteiger partial charge in [-0.1, -0.05) is 54.1 Å². The highest BCUT2D eigenvalue weighted by molar-refractivity contribution is 6.30. The molecule has 0 aromatic heterocycles. The molecular weight excluding hydrogens is 354 g/mol. The van der Waals surface area contributed by atoms with Gasteiger partial charge in [0.15, 0.2) is 0 Å². The first-order chi connectivity index (χ1) is 12.6. The molecule has 0 spiro atoms. The van der Waals surface area contributed by atoms with Gasteiger partial charge in [-0.2, -0.15) is 0 Å². The molecule has 0 saturated carbocycles. The number of ether oxygens (including phenoxy) is 1. The quantitative estimate of drug-likeness (QED) is 0.728. The van der Waals surface area contributed by atoms with Gasteiger partial charge < -0.3 is 9.53 Å². The molecule has 1 aliphatic rings. The van der Waals surface area contributed by atoms with Crippen LogP contribution in [0.25, 0.3) is 0 Å². The molecule has 0 unspecified atom stereocenters. The predicted molar refractivity (Wildman–Crippen MR) is 97.0 cm³/mol. The lowest BCUT2D eigenvalue weighted by atomic mass is 9.94. The zero-order valence-corrected chi connectivity index (χ0v) is 14.8. The summed E-state index contributed by atoms with van der Waals surface area (Å²) in [6.45, 7) is 0.147. The molecule has 0 bridgehead atoms. The normalized spacial score (nSPS) is 17.7. The zero-order chi connectivity index (χ0) is 18.5. The molecule has 0 N–H and O–H groups in total. The van der Waals surface area contributed by atoms with E-state index in [4.69, 9.17) is 16.3 Å². The van der Waals surface area contributed by atoms with Crippen molar-refractivity contribution in [1.82, 2.24) is 4.90 Å².